The van der Waals surface area contributed by atoms with Crippen LogP contribution in [-0.2, 0) is 5.66 Å². The van der Waals surface area contributed by atoms with Crippen molar-refractivity contribution in [3.8, 4) is 5.75 Å². The third kappa shape index (κ3) is 3.16. The van der Waals surface area contributed by atoms with Gasteiger partial charge in [-0.25, -0.2) is 0 Å². The molecule has 0 radical (unpaired) electrons. The Bertz CT molecular complexity index is 787. The lowest BCUT2D eigenvalue weighted by Gasteiger charge is -2.49. The second kappa shape index (κ2) is 7.40. The first-order chi connectivity index (χ1) is 12.5. The molecule has 1 aliphatic rings. The van der Waals surface area contributed by atoms with Crippen LogP contribution in [0.1, 0.15) is 56.5 Å². The zero-order valence-corrected chi connectivity index (χ0v) is 16.1. The van der Waals surface area contributed by atoms with E-state index in [-0.39, 0.29) is 11.9 Å². The van der Waals surface area contributed by atoms with Crippen LogP contribution >= 0.6 is 0 Å². The van der Waals surface area contributed by atoms with Gasteiger partial charge in [0.05, 0.1) is 12.2 Å². The number of amides is 1. The van der Waals surface area contributed by atoms with Gasteiger partial charge in [0.2, 0.25) is 0 Å². The van der Waals surface area contributed by atoms with Gasteiger partial charge in [0.15, 0.2) is 0 Å². The average Bonchev–Trinajstić information content (AvgIpc) is 2.62. The second-order valence-corrected chi connectivity index (χ2v) is 7.21. The number of rotatable bonds is 6. The van der Waals surface area contributed by atoms with Crippen molar-refractivity contribution in [3.63, 3.8) is 0 Å². The molecule has 0 fully saturated rings. The molecule has 1 aliphatic heterocycles. The molecule has 4 heteroatoms. The molecule has 2 aromatic carbocycles. The maximum Gasteiger partial charge on any atom is 0.258 e. The van der Waals surface area contributed by atoms with Gasteiger partial charge in [-0.2, -0.15) is 0 Å². The minimum Gasteiger partial charge on any atom is -0.493 e. The average molecular weight is 352 g/mol. The number of carbonyl (C=O) groups is 1. The van der Waals surface area contributed by atoms with E-state index in [0.29, 0.717) is 12.2 Å². The van der Waals surface area contributed by atoms with E-state index in [9.17, 15) is 4.79 Å². The molecule has 1 heterocycles. The number of unbranched alkanes of at least 4 members (excludes halogenated alkanes) is 1. The van der Waals surface area contributed by atoms with Crippen LogP contribution in [0.4, 0.5) is 5.69 Å². The lowest BCUT2D eigenvalue weighted by atomic mass is 9.91. The number of para-hydroxylation sites is 2. The van der Waals surface area contributed by atoms with Gasteiger partial charge in [0.1, 0.15) is 11.4 Å². The first-order valence-electron chi connectivity index (χ1n) is 9.42. The van der Waals surface area contributed by atoms with Crippen LogP contribution in [0.3, 0.4) is 0 Å². The van der Waals surface area contributed by atoms with Gasteiger partial charge in [-0.05, 0) is 45.4 Å². The van der Waals surface area contributed by atoms with Crippen LogP contribution in [0.25, 0.3) is 0 Å². The first-order valence-corrected chi connectivity index (χ1v) is 9.42. The Labute approximate surface area is 156 Å². The van der Waals surface area contributed by atoms with Gasteiger partial charge in [-0.15, -0.1) is 0 Å². The van der Waals surface area contributed by atoms with E-state index in [1.54, 1.807) is 0 Å². The third-order valence-corrected chi connectivity index (χ3v) is 4.92. The third-order valence-electron chi connectivity index (χ3n) is 4.92. The molecule has 1 N–H and O–H groups in total. The minimum atomic E-state index is -0.678. The Balaban J connectivity index is 2.09. The van der Waals surface area contributed by atoms with Crippen molar-refractivity contribution in [1.82, 2.24) is 4.90 Å². The van der Waals surface area contributed by atoms with Crippen LogP contribution < -0.4 is 10.1 Å². The summed E-state index contributed by atoms with van der Waals surface area (Å²) in [6, 6.07) is 15.7. The van der Waals surface area contributed by atoms with E-state index in [0.717, 1.165) is 29.8 Å². The van der Waals surface area contributed by atoms with E-state index in [1.807, 2.05) is 67.3 Å². The molecular formula is C22H28N2O2. The van der Waals surface area contributed by atoms with E-state index >= 15 is 0 Å². The summed E-state index contributed by atoms with van der Waals surface area (Å²) in [7, 11) is 0. The molecule has 0 aliphatic carbocycles. The molecule has 4 nitrogen and oxygen atoms in total. The predicted molar refractivity (Wildman–Crippen MR) is 106 cm³/mol. The highest BCUT2D eigenvalue weighted by Gasteiger charge is 2.45. The van der Waals surface area contributed by atoms with Gasteiger partial charge in [-0.3, -0.25) is 4.79 Å². The van der Waals surface area contributed by atoms with Crippen molar-refractivity contribution in [3.05, 3.63) is 59.7 Å². The Morgan fingerprint density at radius 2 is 1.81 bits per heavy atom. The van der Waals surface area contributed by atoms with Crippen LogP contribution in [0.5, 0.6) is 5.75 Å². The summed E-state index contributed by atoms with van der Waals surface area (Å²) < 4.78 is 6.07. The molecule has 2 aromatic rings. The van der Waals surface area contributed by atoms with Crippen LogP contribution in [0, 0.1) is 0 Å². The number of nitrogens with zero attached hydrogens (tertiary/aromatic N) is 1. The molecule has 0 spiro atoms. The van der Waals surface area contributed by atoms with E-state index in [2.05, 4.69) is 19.2 Å². The lowest BCUT2D eigenvalue weighted by Crippen LogP contribution is -2.58. The number of hydrogen-bond donors (Lipinski definition) is 1. The highest BCUT2D eigenvalue weighted by molar-refractivity contribution is 6.02. The smallest absolute Gasteiger partial charge is 0.258 e. The maximum atomic E-state index is 13.3. The molecule has 1 atom stereocenters. The Morgan fingerprint density at radius 1 is 1.12 bits per heavy atom. The predicted octanol–water partition coefficient (Wildman–Crippen LogP) is 5.01. The Hall–Kier alpha value is -2.49. The van der Waals surface area contributed by atoms with Crippen LogP contribution in [0.15, 0.2) is 48.5 Å². The van der Waals surface area contributed by atoms with E-state index in [4.69, 9.17) is 4.74 Å². The summed E-state index contributed by atoms with van der Waals surface area (Å²) >= 11 is 0. The van der Waals surface area contributed by atoms with Crippen molar-refractivity contribution in [2.45, 2.75) is 52.2 Å². The number of ether oxygens (including phenoxy) is 1. The fraction of sp³-hybridized carbons (Fsp3) is 0.409. The standard InChI is InChI=1S/C22H28N2O2/c1-5-6-15-26-20-14-10-8-12-18(20)22(4)23-19-13-9-7-11-17(19)21(25)24(22)16(2)3/h7-14,16,23H,5-6,15H2,1-4H3. The van der Waals surface area contributed by atoms with Gasteiger partial charge < -0.3 is 15.0 Å². The number of anilines is 1. The summed E-state index contributed by atoms with van der Waals surface area (Å²) in [6.45, 7) is 8.98. The van der Waals surface area contributed by atoms with E-state index in [1.165, 1.54) is 0 Å². The fourth-order valence-corrected chi connectivity index (χ4v) is 3.70. The highest BCUT2D eigenvalue weighted by Crippen LogP contribution is 2.42. The molecule has 0 bridgehead atoms. The number of hydrogen-bond acceptors (Lipinski definition) is 3. The zero-order chi connectivity index (χ0) is 18.7. The van der Waals surface area contributed by atoms with Gasteiger partial charge in [0.25, 0.3) is 5.91 Å². The van der Waals surface area contributed by atoms with E-state index < -0.39 is 5.66 Å². The second-order valence-electron chi connectivity index (χ2n) is 7.21. The molecular weight excluding hydrogens is 324 g/mol. The largest absolute Gasteiger partial charge is 0.493 e. The lowest BCUT2D eigenvalue weighted by molar-refractivity contribution is 0.0426. The molecule has 0 aromatic heterocycles. The molecule has 1 amide bonds. The Morgan fingerprint density at radius 3 is 2.54 bits per heavy atom. The van der Waals surface area contributed by atoms with Gasteiger partial charge in [0, 0.05) is 17.3 Å². The SMILES string of the molecule is CCCCOc1ccccc1C1(C)Nc2ccccc2C(=O)N1C(C)C. The van der Waals surface area contributed by atoms with Crippen molar-refractivity contribution in [2.24, 2.45) is 0 Å². The summed E-state index contributed by atoms with van der Waals surface area (Å²) in [5.74, 6) is 0.869. The Kier molecular flexibility index (Phi) is 5.21. The van der Waals surface area contributed by atoms with Gasteiger partial charge in [-0.1, -0.05) is 43.7 Å². The first kappa shape index (κ1) is 18.3. The monoisotopic (exact) mass is 352 g/mol. The number of nitrogens with one attached hydrogen (secondary N) is 1. The van der Waals surface area contributed by atoms with Crippen LogP contribution in [-0.4, -0.2) is 23.5 Å². The van der Waals surface area contributed by atoms with Crippen molar-refractivity contribution < 1.29 is 9.53 Å². The highest BCUT2D eigenvalue weighted by atomic mass is 16.5. The molecule has 0 saturated carbocycles. The number of benzene rings is 2. The normalized spacial score (nSPS) is 19.3. The van der Waals surface area contributed by atoms with Crippen molar-refractivity contribution in [2.75, 3.05) is 11.9 Å². The summed E-state index contributed by atoms with van der Waals surface area (Å²) in [5.41, 5.74) is 1.87. The summed E-state index contributed by atoms with van der Waals surface area (Å²) in [6.07, 6.45) is 2.09. The topological polar surface area (TPSA) is 41.6 Å². The quantitative estimate of drug-likeness (QED) is 0.743. The number of fused-ring (bicyclic) bond motifs is 1. The van der Waals surface area contributed by atoms with Crippen LogP contribution in [0.2, 0.25) is 0 Å². The summed E-state index contributed by atoms with van der Waals surface area (Å²) in [5, 5.41) is 3.61. The fourth-order valence-electron chi connectivity index (χ4n) is 3.70. The maximum absolute atomic E-state index is 13.3. The minimum absolute atomic E-state index is 0.0389. The van der Waals surface area contributed by atoms with Crippen molar-refractivity contribution >= 4 is 11.6 Å². The molecule has 3 rings (SSSR count). The molecule has 0 saturated heterocycles. The molecule has 138 valence electrons. The summed E-state index contributed by atoms with van der Waals surface area (Å²) in [4.78, 5) is 15.2. The molecule has 26 heavy (non-hydrogen) atoms. The number of carbonyl (C=O) groups excluding carboxylic acids is 1. The zero-order valence-electron chi connectivity index (χ0n) is 16.1. The van der Waals surface area contributed by atoms with Gasteiger partial charge >= 0.3 is 0 Å². The van der Waals surface area contributed by atoms with Crippen molar-refractivity contribution in [1.29, 1.82) is 0 Å². The molecule has 1 unspecified atom stereocenters.